The minimum atomic E-state index is -0.0722. The van der Waals surface area contributed by atoms with E-state index in [0.717, 1.165) is 11.1 Å². The monoisotopic (exact) mass is 341 g/mol. The first-order valence-electron chi connectivity index (χ1n) is 8.03. The summed E-state index contributed by atoms with van der Waals surface area (Å²) in [4.78, 5) is 14.3. The van der Waals surface area contributed by atoms with Crippen LogP contribution in [0.4, 0.5) is 0 Å². The molecule has 1 heterocycles. The third-order valence-electron chi connectivity index (χ3n) is 4.14. The van der Waals surface area contributed by atoms with Gasteiger partial charge in [-0.05, 0) is 30.2 Å². The zero-order valence-corrected chi connectivity index (χ0v) is 14.4. The Labute approximate surface area is 147 Å². The Morgan fingerprint density at radius 3 is 2.71 bits per heavy atom. The summed E-state index contributed by atoms with van der Waals surface area (Å²) in [6, 6.07) is 15.7. The van der Waals surface area contributed by atoms with Gasteiger partial charge in [0.1, 0.15) is 6.10 Å². The van der Waals surface area contributed by atoms with Crippen LogP contribution in [0.3, 0.4) is 0 Å². The second-order valence-corrected chi connectivity index (χ2v) is 6.32. The fraction of sp³-hybridized carbons (Fsp3) is 0.250. The fourth-order valence-electron chi connectivity index (χ4n) is 2.71. The third-order valence-corrected chi connectivity index (χ3v) is 4.48. The molecule has 1 aliphatic rings. The standard InChI is InChI=1S/C20H20ClNO2/c1-15-6-8-17(9-7-15)19-14-22(12-13-24-19)20(23)11-10-16-4-2-3-5-18(16)21/h2-11,19H,12-14H2,1H3/b11-10+. The molecule has 1 atom stereocenters. The Hall–Kier alpha value is -2.10. The average Bonchev–Trinajstić information content (AvgIpc) is 2.61. The van der Waals surface area contributed by atoms with Crippen LogP contribution < -0.4 is 0 Å². The SMILES string of the molecule is Cc1ccc(C2CN(C(=O)/C=C/c3ccccc3Cl)CCO2)cc1. The fourth-order valence-corrected chi connectivity index (χ4v) is 2.91. The summed E-state index contributed by atoms with van der Waals surface area (Å²) in [6.45, 7) is 3.77. The number of hydrogen-bond acceptors (Lipinski definition) is 2. The topological polar surface area (TPSA) is 29.5 Å². The zero-order chi connectivity index (χ0) is 16.9. The summed E-state index contributed by atoms with van der Waals surface area (Å²) in [7, 11) is 0. The number of halogens is 1. The third kappa shape index (κ3) is 4.05. The van der Waals surface area contributed by atoms with E-state index in [1.165, 1.54) is 5.56 Å². The van der Waals surface area contributed by atoms with Crippen molar-refractivity contribution in [1.29, 1.82) is 0 Å². The van der Waals surface area contributed by atoms with Crippen molar-refractivity contribution < 1.29 is 9.53 Å². The Bertz CT molecular complexity index is 740. The Balaban J connectivity index is 1.67. The summed E-state index contributed by atoms with van der Waals surface area (Å²) >= 11 is 6.11. The summed E-state index contributed by atoms with van der Waals surface area (Å²) in [5, 5.41) is 0.640. The van der Waals surface area contributed by atoms with Crippen LogP contribution in [0.1, 0.15) is 22.8 Å². The average molecular weight is 342 g/mol. The van der Waals surface area contributed by atoms with E-state index >= 15 is 0 Å². The van der Waals surface area contributed by atoms with E-state index in [2.05, 4.69) is 31.2 Å². The lowest BCUT2D eigenvalue weighted by Gasteiger charge is -2.32. The van der Waals surface area contributed by atoms with Crippen molar-refractivity contribution >= 4 is 23.6 Å². The van der Waals surface area contributed by atoms with E-state index in [9.17, 15) is 4.79 Å². The van der Waals surface area contributed by atoms with Crippen LogP contribution in [0.5, 0.6) is 0 Å². The number of aryl methyl sites for hydroxylation is 1. The van der Waals surface area contributed by atoms with Gasteiger partial charge in [-0.1, -0.05) is 59.6 Å². The molecule has 0 aromatic heterocycles. The van der Waals surface area contributed by atoms with Gasteiger partial charge in [0.15, 0.2) is 0 Å². The van der Waals surface area contributed by atoms with Crippen LogP contribution in [0.25, 0.3) is 6.08 Å². The molecule has 1 saturated heterocycles. The number of carbonyl (C=O) groups excluding carboxylic acids is 1. The first-order valence-corrected chi connectivity index (χ1v) is 8.41. The predicted octanol–water partition coefficient (Wildman–Crippen LogP) is 4.26. The van der Waals surface area contributed by atoms with Gasteiger partial charge in [-0.15, -0.1) is 0 Å². The highest BCUT2D eigenvalue weighted by Gasteiger charge is 2.24. The van der Waals surface area contributed by atoms with Crippen LogP contribution in [0.15, 0.2) is 54.6 Å². The molecule has 2 aromatic carbocycles. The molecule has 0 bridgehead atoms. The number of ether oxygens (including phenoxy) is 1. The zero-order valence-electron chi connectivity index (χ0n) is 13.6. The van der Waals surface area contributed by atoms with E-state index in [1.807, 2.05) is 29.2 Å². The van der Waals surface area contributed by atoms with Crippen molar-refractivity contribution in [2.45, 2.75) is 13.0 Å². The highest BCUT2D eigenvalue weighted by Crippen LogP contribution is 2.23. The first-order chi connectivity index (χ1) is 11.6. The number of rotatable bonds is 3. The molecule has 124 valence electrons. The highest BCUT2D eigenvalue weighted by atomic mass is 35.5. The predicted molar refractivity (Wildman–Crippen MR) is 96.9 cm³/mol. The largest absolute Gasteiger partial charge is 0.370 e. The second-order valence-electron chi connectivity index (χ2n) is 5.91. The smallest absolute Gasteiger partial charge is 0.246 e. The molecule has 0 radical (unpaired) electrons. The van der Waals surface area contributed by atoms with E-state index in [4.69, 9.17) is 16.3 Å². The normalized spacial score (nSPS) is 18.1. The lowest BCUT2D eigenvalue weighted by Crippen LogP contribution is -2.41. The molecule has 0 aliphatic carbocycles. The highest BCUT2D eigenvalue weighted by molar-refractivity contribution is 6.32. The molecule has 2 aromatic rings. The van der Waals surface area contributed by atoms with Gasteiger partial charge in [0.25, 0.3) is 0 Å². The van der Waals surface area contributed by atoms with Gasteiger partial charge in [-0.3, -0.25) is 4.79 Å². The maximum Gasteiger partial charge on any atom is 0.246 e. The van der Waals surface area contributed by atoms with Crippen molar-refractivity contribution in [2.24, 2.45) is 0 Å². The number of hydrogen-bond donors (Lipinski definition) is 0. The molecule has 24 heavy (non-hydrogen) atoms. The minimum absolute atomic E-state index is 0.0182. The summed E-state index contributed by atoms with van der Waals surface area (Å²) in [6.07, 6.45) is 3.27. The summed E-state index contributed by atoms with van der Waals surface area (Å²) < 4.78 is 5.83. The molecule has 0 spiro atoms. The number of carbonyl (C=O) groups is 1. The van der Waals surface area contributed by atoms with Crippen LogP contribution >= 0.6 is 11.6 Å². The molecule has 4 heteroatoms. The molecule has 1 unspecified atom stereocenters. The quantitative estimate of drug-likeness (QED) is 0.781. The van der Waals surface area contributed by atoms with Crippen LogP contribution in [0.2, 0.25) is 5.02 Å². The van der Waals surface area contributed by atoms with Crippen molar-refractivity contribution in [1.82, 2.24) is 4.90 Å². The van der Waals surface area contributed by atoms with Crippen molar-refractivity contribution in [3.8, 4) is 0 Å². The van der Waals surface area contributed by atoms with Crippen LogP contribution in [-0.2, 0) is 9.53 Å². The number of nitrogens with zero attached hydrogens (tertiary/aromatic N) is 1. The Kier molecular flexibility index (Phi) is 5.34. The summed E-state index contributed by atoms with van der Waals surface area (Å²) in [5.41, 5.74) is 3.16. The van der Waals surface area contributed by atoms with E-state index in [1.54, 1.807) is 12.2 Å². The molecule has 3 rings (SSSR count). The molecule has 1 aliphatic heterocycles. The number of benzene rings is 2. The number of amides is 1. The molecule has 1 fully saturated rings. The van der Waals surface area contributed by atoms with E-state index in [-0.39, 0.29) is 12.0 Å². The van der Waals surface area contributed by atoms with Gasteiger partial charge in [0.2, 0.25) is 5.91 Å². The summed E-state index contributed by atoms with van der Waals surface area (Å²) in [5.74, 6) is -0.0182. The Morgan fingerprint density at radius 2 is 1.96 bits per heavy atom. The molecule has 0 saturated carbocycles. The van der Waals surface area contributed by atoms with Crippen LogP contribution in [0, 0.1) is 6.92 Å². The Morgan fingerprint density at radius 1 is 1.21 bits per heavy atom. The van der Waals surface area contributed by atoms with Crippen molar-refractivity contribution in [3.63, 3.8) is 0 Å². The first kappa shape index (κ1) is 16.7. The molecule has 0 N–H and O–H groups in total. The maximum atomic E-state index is 12.5. The lowest BCUT2D eigenvalue weighted by molar-refractivity contribution is -0.133. The second kappa shape index (κ2) is 7.65. The van der Waals surface area contributed by atoms with Crippen molar-refractivity contribution in [3.05, 3.63) is 76.3 Å². The van der Waals surface area contributed by atoms with Gasteiger partial charge < -0.3 is 9.64 Å². The van der Waals surface area contributed by atoms with Gasteiger partial charge in [-0.25, -0.2) is 0 Å². The van der Waals surface area contributed by atoms with E-state index < -0.39 is 0 Å². The van der Waals surface area contributed by atoms with Gasteiger partial charge in [0.05, 0.1) is 13.2 Å². The van der Waals surface area contributed by atoms with Gasteiger partial charge in [-0.2, -0.15) is 0 Å². The van der Waals surface area contributed by atoms with Crippen LogP contribution in [-0.4, -0.2) is 30.5 Å². The molecule has 3 nitrogen and oxygen atoms in total. The molecule has 1 amide bonds. The maximum absolute atomic E-state index is 12.5. The van der Waals surface area contributed by atoms with Gasteiger partial charge in [0, 0.05) is 17.6 Å². The number of morpholine rings is 1. The van der Waals surface area contributed by atoms with Gasteiger partial charge >= 0.3 is 0 Å². The lowest BCUT2D eigenvalue weighted by atomic mass is 10.1. The van der Waals surface area contributed by atoms with Crippen molar-refractivity contribution in [2.75, 3.05) is 19.7 Å². The minimum Gasteiger partial charge on any atom is -0.370 e. The van der Waals surface area contributed by atoms with E-state index in [0.29, 0.717) is 24.7 Å². The molecular weight excluding hydrogens is 322 g/mol. The molecular formula is C20H20ClNO2.